The van der Waals surface area contributed by atoms with Gasteiger partial charge in [-0.2, -0.15) is 0 Å². The van der Waals surface area contributed by atoms with Crippen molar-refractivity contribution in [2.75, 3.05) is 0 Å². The summed E-state index contributed by atoms with van der Waals surface area (Å²) < 4.78 is 0. The minimum atomic E-state index is -0.302. The lowest BCUT2D eigenvalue weighted by Crippen LogP contribution is -2.40. The van der Waals surface area contributed by atoms with Crippen LogP contribution in [-0.4, -0.2) is 21.4 Å². The third-order valence-corrected chi connectivity index (χ3v) is 2.71. The Morgan fingerprint density at radius 3 is 2.45 bits per heavy atom. The van der Waals surface area contributed by atoms with Crippen LogP contribution in [0.3, 0.4) is 0 Å². The Balaban J connectivity index is 2.37. The van der Waals surface area contributed by atoms with Gasteiger partial charge in [0.15, 0.2) is 0 Å². The fourth-order valence-electron chi connectivity index (χ4n) is 1.71. The summed E-state index contributed by atoms with van der Waals surface area (Å²) in [6.45, 7) is 5.78. The van der Waals surface area contributed by atoms with Crippen molar-refractivity contribution in [3.63, 3.8) is 0 Å². The van der Waals surface area contributed by atoms with Crippen LogP contribution in [0.1, 0.15) is 31.1 Å². The van der Waals surface area contributed by atoms with Crippen LogP contribution < -0.4 is 5.32 Å². The first-order valence-electron chi connectivity index (χ1n) is 6.26. The molecule has 0 unspecified atom stereocenters. The van der Waals surface area contributed by atoms with Gasteiger partial charge >= 0.3 is 0 Å². The molecule has 0 spiro atoms. The molecule has 0 radical (unpaired) electrons. The third kappa shape index (κ3) is 3.78. The summed E-state index contributed by atoms with van der Waals surface area (Å²) in [5.41, 5.74) is 1.71. The number of rotatable bonds is 2. The molecule has 0 saturated carbocycles. The number of pyridine rings is 2. The largest absolute Gasteiger partial charge is 0.347 e. The molecular formula is C15H16ClN3O. The van der Waals surface area contributed by atoms with Crippen molar-refractivity contribution in [2.24, 2.45) is 0 Å². The maximum Gasteiger partial charge on any atom is 0.251 e. The Bertz CT molecular complexity index is 621. The molecule has 0 fully saturated rings. The van der Waals surface area contributed by atoms with Gasteiger partial charge in [0.25, 0.3) is 5.91 Å². The summed E-state index contributed by atoms with van der Waals surface area (Å²) >= 11 is 6.01. The Morgan fingerprint density at radius 1 is 1.20 bits per heavy atom. The summed E-state index contributed by atoms with van der Waals surface area (Å²) in [4.78, 5) is 20.4. The minimum absolute atomic E-state index is 0.169. The van der Waals surface area contributed by atoms with Crippen LogP contribution in [0, 0.1) is 0 Å². The van der Waals surface area contributed by atoms with Crippen LogP contribution in [-0.2, 0) is 0 Å². The maximum atomic E-state index is 12.2. The molecule has 2 aromatic heterocycles. The average Bonchev–Trinajstić information content (AvgIpc) is 2.37. The summed E-state index contributed by atoms with van der Waals surface area (Å²) in [6, 6.07) is 6.93. The van der Waals surface area contributed by atoms with E-state index in [0.29, 0.717) is 16.4 Å². The number of hydrogen-bond donors (Lipinski definition) is 1. The first-order chi connectivity index (χ1) is 9.35. The normalized spacial score (nSPS) is 11.2. The Morgan fingerprint density at radius 2 is 1.85 bits per heavy atom. The summed E-state index contributed by atoms with van der Waals surface area (Å²) in [5.74, 6) is -0.169. The lowest BCUT2D eigenvalue weighted by atomic mass is 10.1. The average molecular weight is 290 g/mol. The molecule has 1 N–H and O–H groups in total. The van der Waals surface area contributed by atoms with Gasteiger partial charge in [-0.05, 0) is 45.0 Å². The van der Waals surface area contributed by atoms with Gasteiger partial charge in [-0.1, -0.05) is 11.6 Å². The Kier molecular flexibility index (Phi) is 4.04. The molecule has 0 bridgehead atoms. The molecule has 0 aliphatic rings. The quantitative estimate of drug-likeness (QED) is 0.863. The van der Waals surface area contributed by atoms with E-state index in [1.807, 2.05) is 32.9 Å². The maximum absolute atomic E-state index is 12.2. The smallest absolute Gasteiger partial charge is 0.251 e. The number of nitrogens with one attached hydrogen (secondary N) is 1. The van der Waals surface area contributed by atoms with Crippen molar-refractivity contribution >= 4 is 17.5 Å². The van der Waals surface area contributed by atoms with E-state index in [4.69, 9.17) is 11.6 Å². The second-order valence-corrected chi connectivity index (χ2v) is 5.89. The standard InChI is InChI=1S/C15H16ClN3O/c1-15(2,3)19-14(20)11-8-12(18-13(16)9-11)10-4-6-17-7-5-10/h4-9H,1-3H3,(H,19,20). The highest BCUT2D eigenvalue weighted by atomic mass is 35.5. The molecule has 2 heterocycles. The molecule has 0 saturated heterocycles. The topological polar surface area (TPSA) is 54.9 Å². The van der Waals surface area contributed by atoms with Gasteiger partial charge in [-0.25, -0.2) is 4.98 Å². The predicted octanol–water partition coefficient (Wildman–Crippen LogP) is 3.33. The van der Waals surface area contributed by atoms with Crippen molar-refractivity contribution in [1.82, 2.24) is 15.3 Å². The van der Waals surface area contributed by atoms with Crippen LogP contribution in [0.5, 0.6) is 0 Å². The van der Waals surface area contributed by atoms with Crippen molar-refractivity contribution in [3.05, 3.63) is 47.4 Å². The molecule has 5 heteroatoms. The molecule has 0 aliphatic carbocycles. The Labute approximate surface area is 123 Å². The van der Waals surface area contributed by atoms with E-state index < -0.39 is 0 Å². The second kappa shape index (κ2) is 5.59. The molecule has 0 atom stereocenters. The number of aromatic nitrogens is 2. The van der Waals surface area contributed by atoms with Crippen LogP contribution in [0.4, 0.5) is 0 Å². The molecule has 0 aliphatic heterocycles. The number of amides is 1. The summed E-state index contributed by atoms with van der Waals surface area (Å²) in [7, 11) is 0. The van der Waals surface area contributed by atoms with Crippen molar-refractivity contribution in [2.45, 2.75) is 26.3 Å². The molecule has 4 nitrogen and oxygen atoms in total. The monoisotopic (exact) mass is 289 g/mol. The lowest BCUT2D eigenvalue weighted by Gasteiger charge is -2.20. The van der Waals surface area contributed by atoms with E-state index in [1.165, 1.54) is 0 Å². The van der Waals surface area contributed by atoms with E-state index in [1.54, 1.807) is 24.5 Å². The number of carbonyl (C=O) groups is 1. The van der Waals surface area contributed by atoms with Gasteiger partial charge in [0.2, 0.25) is 0 Å². The highest BCUT2D eigenvalue weighted by molar-refractivity contribution is 6.30. The van der Waals surface area contributed by atoms with E-state index in [0.717, 1.165) is 5.56 Å². The fourth-order valence-corrected chi connectivity index (χ4v) is 1.92. The zero-order chi connectivity index (χ0) is 14.8. The van der Waals surface area contributed by atoms with Crippen molar-refractivity contribution in [1.29, 1.82) is 0 Å². The van der Waals surface area contributed by atoms with Crippen LogP contribution >= 0.6 is 11.6 Å². The van der Waals surface area contributed by atoms with E-state index in [2.05, 4.69) is 15.3 Å². The highest BCUT2D eigenvalue weighted by Crippen LogP contribution is 2.21. The third-order valence-electron chi connectivity index (χ3n) is 2.52. The molecular weight excluding hydrogens is 274 g/mol. The van der Waals surface area contributed by atoms with Crippen molar-refractivity contribution in [3.8, 4) is 11.3 Å². The van der Waals surface area contributed by atoms with Crippen molar-refractivity contribution < 1.29 is 4.79 Å². The molecule has 2 aromatic rings. The molecule has 0 aromatic carbocycles. The van der Waals surface area contributed by atoms with Crippen LogP contribution in [0.25, 0.3) is 11.3 Å². The highest BCUT2D eigenvalue weighted by Gasteiger charge is 2.16. The molecule has 1 amide bonds. The summed E-state index contributed by atoms with van der Waals surface area (Å²) in [6.07, 6.45) is 3.35. The first kappa shape index (κ1) is 14.5. The molecule has 104 valence electrons. The van der Waals surface area contributed by atoms with E-state index >= 15 is 0 Å². The number of hydrogen-bond acceptors (Lipinski definition) is 3. The van der Waals surface area contributed by atoms with Gasteiger partial charge in [-0.15, -0.1) is 0 Å². The zero-order valence-corrected chi connectivity index (χ0v) is 12.4. The molecule has 20 heavy (non-hydrogen) atoms. The fraction of sp³-hybridized carbons (Fsp3) is 0.267. The van der Waals surface area contributed by atoms with Gasteiger partial charge in [-0.3, -0.25) is 9.78 Å². The SMILES string of the molecule is CC(C)(C)NC(=O)c1cc(Cl)nc(-c2ccncc2)c1. The van der Waals surface area contributed by atoms with E-state index in [-0.39, 0.29) is 11.4 Å². The van der Waals surface area contributed by atoms with Crippen LogP contribution in [0.15, 0.2) is 36.7 Å². The number of halogens is 1. The predicted molar refractivity (Wildman–Crippen MR) is 79.7 cm³/mol. The van der Waals surface area contributed by atoms with Gasteiger partial charge in [0, 0.05) is 29.1 Å². The number of carbonyl (C=O) groups excluding carboxylic acids is 1. The van der Waals surface area contributed by atoms with E-state index in [9.17, 15) is 4.79 Å². The minimum Gasteiger partial charge on any atom is -0.347 e. The van der Waals surface area contributed by atoms with Gasteiger partial charge in [0.05, 0.1) is 5.69 Å². The lowest BCUT2D eigenvalue weighted by molar-refractivity contribution is 0.0919. The second-order valence-electron chi connectivity index (χ2n) is 5.50. The first-order valence-corrected chi connectivity index (χ1v) is 6.63. The molecule has 2 rings (SSSR count). The zero-order valence-electron chi connectivity index (χ0n) is 11.6. The Hall–Kier alpha value is -1.94. The number of nitrogens with zero attached hydrogens (tertiary/aromatic N) is 2. The summed E-state index contributed by atoms with van der Waals surface area (Å²) in [5, 5.41) is 3.19. The van der Waals surface area contributed by atoms with Gasteiger partial charge in [0.1, 0.15) is 5.15 Å². The van der Waals surface area contributed by atoms with Crippen LogP contribution in [0.2, 0.25) is 5.15 Å². The van der Waals surface area contributed by atoms with Gasteiger partial charge < -0.3 is 5.32 Å².